The fraction of sp³-hybridized carbons (Fsp3) is 0.286. The minimum absolute atomic E-state index is 0.0619. The van der Waals surface area contributed by atoms with Gasteiger partial charge in [0.05, 0.1) is 11.5 Å². The normalized spacial score (nSPS) is 17.2. The summed E-state index contributed by atoms with van der Waals surface area (Å²) >= 11 is 0. The minimum atomic E-state index is -1.12. The van der Waals surface area contributed by atoms with Gasteiger partial charge < -0.3 is 14.7 Å². The zero-order valence-corrected chi connectivity index (χ0v) is 11.1. The van der Waals surface area contributed by atoms with Crippen LogP contribution in [0.1, 0.15) is 18.4 Å². The van der Waals surface area contributed by atoms with Crippen LogP contribution in [0.3, 0.4) is 0 Å². The number of carboxylic acids is 1. The number of esters is 1. The van der Waals surface area contributed by atoms with E-state index in [2.05, 4.69) is 0 Å². The average molecular weight is 279 g/mol. The van der Waals surface area contributed by atoms with Crippen molar-refractivity contribution in [3.8, 4) is 0 Å². The number of hydrogen-bond acceptors (Lipinski definition) is 4. The third kappa shape index (κ3) is 2.64. The van der Waals surface area contributed by atoms with Crippen molar-refractivity contribution in [1.29, 1.82) is 0 Å². The van der Waals surface area contributed by atoms with Crippen LogP contribution in [0.25, 0.3) is 0 Å². The zero-order chi connectivity index (χ0) is 14.9. The number of rotatable bonds is 3. The van der Waals surface area contributed by atoms with Gasteiger partial charge in [-0.1, -0.05) is 0 Å². The van der Waals surface area contributed by atoms with Crippen LogP contribution in [0.4, 0.5) is 10.1 Å². The highest BCUT2D eigenvalue weighted by Gasteiger charge is 2.31. The maximum absolute atomic E-state index is 13.4. The molecule has 5 nitrogen and oxygen atoms in total. The average Bonchev–Trinajstić information content (AvgIpc) is 2.36. The molecule has 1 aromatic rings. The molecule has 0 saturated carbocycles. The van der Waals surface area contributed by atoms with Gasteiger partial charge in [-0.25, -0.2) is 9.18 Å². The summed E-state index contributed by atoms with van der Waals surface area (Å²) in [4.78, 5) is 23.9. The number of hydrogen-bond donors (Lipinski definition) is 1. The Kier molecular flexibility index (Phi) is 3.74. The molecule has 1 N–H and O–H groups in total. The van der Waals surface area contributed by atoms with Crippen molar-refractivity contribution in [2.45, 2.75) is 12.8 Å². The lowest BCUT2D eigenvalue weighted by molar-refractivity contribution is -0.142. The van der Waals surface area contributed by atoms with Gasteiger partial charge in [0.2, 0.25) is 0 Å². The predicted molar refractivity (Wildman–Crippen MR) is 69.9 cm³/mol. The number of nitrogens with zero attached hydrogens (tertiary/aromatic N) is 1. The van der Waals surface area contributed by atoms with Crippen LogP contribution in [0.5, 0.6) is 0 Å². The van der Waals surface area contributed by atoms with E-state index in [4.69, 9.17) is 4.74 Å². The maximum Gasteiger partial charge on any atom is 0.333 e. The third-order valence-electron chi connectivity index (χ3n) is 3.15. The molecule has 6 heteroatoms. The molecule has 0 fully saturated rings. The topological polar surface area (TPSA) is 66.8 Å². The molecule has 0 amide bonds. The van der Waals surface area contributed by atoms with Gasteiger partial charge in [-0.2, -0.15) is 0 Å². The monoisotopic (exact) mass is 279 g/mol. The number of carbonyl (C=O) groups is 2. The Morgan fingerprint density at radius 2 is 2.15 bits per heavy atom. The molecule has 1 aliphatic heterocycles. The highest BCUT2D eigenvalue weighted by Crippen LogP contribution is 2.37. The molecule has 0 radical (unpaired) electrons. The van der Waals surface area contributed by atoms with E-state index in [0.29, 0.717) is 11.3 Å². The molecular formula is C14H14FNO4. The van der Waals surface area contributed by atoms with Crippen LogP contribution in [-0.2, 0) is 14.3 Å². The van der Waals surface area contributed by atoms with E-state index < -0.39 is 23.7 Å². The molecule has 1 heterocycles. The number of benzene rings is 1. The second kappa shape index (κ2) is 5.32. The van der Waals surface area contributed by atoms with Gasteiger partial charge in [-0.15, -0.1) is 0 Å². The van der Waals surface area contributed by atoms with Crippen LogP contribution in [0, 0.1) is 5.82 Å². The van der Waals surface area contributed by atoms with E-state index in [1.807, 2.05) is 0 Å². The summed E-state index contributed by atoms with van der Waals surface area (Å²) < 4.78 is 18.3. The molecule has 1 atom stereocenters. The smallest absolute Gasteiger partial charge is 0.333 e. The molecule has 1 unspecified atom stereocenters. The Morgan fingerprint density at radius 3 is 2.75 bits per heavy atom. The van der Waals surface area contributed by atoms with Gasteiger partial charge in [-0.05, 0) is 23.8 Å². The SMILES string of the molecule is CC(=O)OCC1C(C(=O)O)=CN(C)c2ccc(F)cc21. The van der Waals surface area contributed by atoms with Crippen molar-refractivity contribution in [3.05, 3.63) is 41.4 Å². The van der Waals surface area contributed by atoms with E-state index in [1.54, 1.807) is 18.0 Å². The molecular weight excluding hydrogens is 265 g/mol. The maximum atomic E-state index is 13.4. The summed E-state index contributed by atoms with van der Waals surface area (Å²) in [6.07, 6.45) is 1.46. The molecule has 0 aliphatic carbocycles. The Hall–Kier alpha value is -2.37. The van der Waals surface area contributed by atoms with Crippen molar-refractivity contribution in [1.82, 2.24) is 0 Å². The highest BCUT2D eigenvalue weighted by atomic mass is 19.1. The Labute approximate surface area is 115 Å². The number of halogens is 1. The number of ether oxygens (including phenoxy) is 1. The standard InChI is InChI=1S/C14H14FNO4/c1-8(17)20-7-12-10-5-9(15)3-4-13(10)16(2)6-11(12)14(18)19/h3-6,12H,7H2,1-2H3,(H,18,19). The largest absolute Gasteiger partial charge is 0.478 e. The van der Waals surface area contributed by atoms with E-state index in [9.17, 15) is 19.1 Å². The van der Waals surface area contributed by atoms with E-state index >= 15 is 0 Å². The lowest BCUT2D eigenvalue weighted by Crippen LogP contribution is -2.27. The van der Waals surface area contributed by atoms with Crippen molar-refractivity contribution in [3.63, 3.8) is 0 Å². The van der Waals surface area contributed by atoms with Crippen LogP contribution in [0.2, 0.25) is 0 Å². The van der Waals surface area contributed by atoms with Crippen molar-refractivity contribution < 1.29 is 23.8 Å². The van der Waals surface area contributed by atoms with E-state index in [-0.39, 0.29) is 12.2 Å². The Morgan fingerprint density at radius 1 is 1.45 bits per heavy atom. The Bertz CT molecular complexity index is 597. The van der Waals surface area contributed by atoms with E-state index in [0.717, 1.165) is 0 Å². The highest BCUT2D eigenvalue weighted by molar-refractivity contribution is 5.91. The van der Waals surface area contributed by atoms with E-state index in [1.165, 1.54) is 25.3 Å². The first kappa shape index (κ1) is 14.0. The second-order valence-corrected chi connectivity index (χ2v) is 4.56. The van der Waals surface area contributed by atoms with Gasteiger partial charge in [-0.3, -0.25) is 4.79 Å². The van der Waals surface area contributed by atoms with Gasteiger partial charge >= 0.3 is 11.9 Å². The lowest BCUT2D eigenvalue weighted by Gasteiger charge is -2.30. The van der Waals surface area contributed by atoms with Gasteiger partial charge in [0, 0.05) is 25.9 Å². The van der Waals surface area contributed by atoms with Gasteiger partial charge in [0.15, 0.2) is 0 Å². The summed E-state index contributed by atoms with van der Waals surface area (Å²) in [7, 11) is 1.68. The third-order valence-corrected chi connectivity index (χ3v) is 3.15. The number of carbonyl (C=O) groups excluding carboxylic acids is 1. The summed E-state index contributed by atoms with van der Waals surface area (Å²) in [5.41, 5.74) is 1.24. The van der Waals surface area contributed by atoms with Crippen molar-refractivity contribution in [2.75, 3.05) is 18.6 Å². The van der Waals surface area contributed by atoms with Crippen molar-refractivity contribution in [2.24, 2.45) is 0 Å². The molecule has 0 spiro atoms. The number of carboxylic acid groups (broad SMARTS) is 1. The van der Waals surface area contributed by atoms with Crippen LogP contribution >= 0.6 is 0 Å². The molecule has 1 aliphatic rings. The quantitative estimate of drug-likeness (QED) is 0.856. The first-order chi connectivity index (χ1) is 9.40. The summed E-state index contributed by atoms with van der Waals surface area (Å²) in [6.45, 7) is 1.11. The van der Waals surface area contributed by atoms with Crippen LogP contribution < -0.4 is 4.90 Å². The molecule has 2 rings (SSSR count). The van der Waals surface area contributed by atoms with Gasteiger partial charge in [0.25, 0.3) is 0 Å². The summed E-state index contributed by atoms with van der Waals surface area (Å²) in [5, 5.41) is 9.26. The molecule has 0 bridgehead atoms. The Balaban J connectivity index is 2.47. The van der Waals surface area contributed by atoms with Crippen LogP contribution in [0.15, 0.2) is 30.0 Å². The van der Waals surface area contributed by atoms with Crippen molar-refractivity contribution >= 4 is 17.6 Å². The first-order valence-corrected chi connectivity index (χ1v) is 6.00. The molecule has 20 heavy (non-hydrogen) atoms. The fourth-order valence-corrected chi connectivity index (χ4v) is 2.25. The fourth-order valence-electron chi connectivity index (χ4n) is 2.25. The summed E-state index contributed by atoms with van der Waals surface area (Å²) in [5.74, 6) is -2.77. The molecule has 1 aromatic carbocycles. The number of fused-ring (bicyclic) bond motifs is 1. The second-order valence-electron chi connectivity index (χ2n) is 4.56. The lowest BCUT2D eigenvalue weighted by atomic mass is 9.88. The molecule has 0 aromatic heterocycles. The molecule has 106 valence electrons. The number of anilines is 1. The minimum Gasteiger partial charge on any atom is -0.478 e. The summed E-state index contributed by atoms with van der Waals surface area (Å²) in [6, 6.07) is 4.15. The number of aliphatic carboxylic acids is 1. The van der Waals surface area contributed by atoms with Crippen LogP contribution in [-0.4, -0.2) is 30.7 Å². The predicted octanol–water partition coefficient (Wildman–Crippen LogP) is 1.89. The zero-order valence-electron chi connectivity index (χ0n) is 11.1. The van der Waals surface area contributed by atoms with Gasteiger partial charge in [0.1, 0.15) is 12.4 Å². The molecule has 0 saturated heterocycles. The first-order valence-electron chi connectivity index (χ1n) is 6.00.